The average molecular weight is 227 g/mol. The second kappa shape index (κ2) is 6.02. The van der Waals surface area contributed by atoms with Crippen LogP contribution in [0.3, 0.4) is 0 Å². The Bertz CT molecular complexity index is 197. The lowest BCUT2D eigenvalue weighted by Crippen LogP contribution is -2.53. The van der Waals surface area contributed by atoms with Crippen molar-refractivity contribution in [1.82, 2.24) is 4.90 Å². The van der Waals surface area contributed by atoms with Gasteiger partial charge in [-0.25, -0.2) is 0 Å². The predicted octanol–water partition coefficient (Wildman–Crippen LogP) is 3.05. The molecule has 1 aliphatic carbocycles. The van der Waals surface area contributed by atoms with Crippen LogP contribution in [0.1, 0.15) is 58.8 Å². The van der Waals surface area contributed by atoms with Gasteiger partial charge in [-0.15, -0.1) is 0 Å². The number of likely N-dealkylation sites (N-methyl/N-ethyl adjacent to an activating group) is 1. The van der Waals surface area contributed by atoms with E-state index < -0.39 is 0 Å². The summed E-state index contributed by atoms with van der Waals surface area (Å²) in [5.41, 5.74) is -0.0605. The Hall–Kier alpha value is -0.0800. The summed E-state index contributed by atoms with van der Waals surface area (Å²) in [6.45, 7) is 4.38. The molecule has 1 aliphatic rings. The maximum atomic E-state index is 10.6. The van der Waals surface area contributed by atoms with Gasteiger partial charge in [-0.2, -0.15) is 0 Å². The van der Waals surface area contributed by atoms with Crippen LogP contribution in [-0.2, 0) is 0 Å². The van der Waals surface area contributed by atoms with Crippen LogP contribution in [0.15, 0.2) is 0 Å². The van der Waals surface area contributed by atoms with E-state index in [1.807, 2.05) is 0 Å². The number of nitrogens with zero attached hydrogens (tertiary/aromatic N) is 1. The Labute approximate surface area is 101 Å². The standard InChI is InChI=1S/C14H29NO/c1-5-14(2,15(3)4)13(16)12-10-8-6-7-9-11-12/h12-13,16H,5-11H2,1-4H3. The number of aliphatic hydroxyl groups excluding tert-OH is 1. The summed E-state index contributed by atoms with van der Waals surface area (Å²) in [6, 6.07) is 0. The molecule has 0 aromatic rings. The van der Waals surface area contributed by atoms with Crippen LogP contribution in [0, 0.1) is 5.92 Å². The molecule has 0 aromatic heterocycles. The molecule has 1 saturated carbocycles. The first-order valence-corrected chi connectivity index (χ1v) is 6.88. The van der Waals surface area contributed by atoms with Gasteiger partial charge in [-0.05, 0) is 46.2 Å². The molecular formula is C14H29NO. The van der Waals surface area contributed by atoms with Crippen LogP contribution in [0.2, 0.25) is 0 Å². The smallest absolute Gasteiger partial charge is 0.0748 e. The van der Waals surface area contributed by atoms with Gasteiger partial charge in [0.05, 0.1) is 6.10 Å². The van der Waals surface area contributed by atoms with Crippen molar-refractivity contribution in [2.75, 3.05) is 14.1 Å². The summed E-state index contributed by atoms with van der Waals surface area (Å²) >= 11 is 0. The SMILES string of the molecule is CCC(C)(C(O)C1CCCCCC1)N(C)C. The van der Waals surface area contributed by atoms with E-state index in [0.717, 1.165) is 6.42 Å². The fourth-order valence-electron chi connectivity index (χ4n) is 2.92. The molecule has 0 radical (unpaired) electrons. The van der Waals surface area contributed by atoms with E-state index in [1.54, 1.807) is 0 Å². The second-order valence-corrected chi connectivity index (χ2v) is 5.80. The van der Waals surface area contributed by atoms with Crippen LogP contribution in [-0.4, -0.2) is 35.7 Å². The second-order valence-electron chi connectivity index (χ2n) is 5.80. The van der Waals surface area contributed by atoms with Crippen LogP contribution >= 0.6 is 0 Å². The third-order valence-corrected chi connectivity index (χ3v) is 4.72. The molecule has 0 aromatic carbocycles. The van der Waals surface area contributed by atoms with Gasteiger partial charge in [0.1, 0.15) is 0 Å². The van der Waals surface area contributed by atoms with E-state index in [1.165, 1.54) is 38.5 Å². The Kier molecular flexibility index (Phi) is 5.26. The monoisotopic (exact) mass is 227 g/mol. The van der Waals surface area contributed by atoms with Crippen molar-refractivity contribution >= 4 is 0 Å². The van der Waals surface area contributed by atoms with Gasteiger partial charge in [0.25, 0.3) is 0 Å². The zero-order valence-electron chi connectivity index (χ0n) is 11.5. The van der Waals surface area contributed by atoms with Crippen LogP contribution in [0.5, 0.6) is 0 Å². The Balaban J connectivity index is 2.69. The van der Waals surface area contributed by atoms with Gasteiger partial charge in [0.15, 0.2) is 0 Å². The molecule has 1 fully saturated rings. The maximum absolute atomic E-state index is 10.6. The predicted molar refractivity (Wildman–Crippen MR) is 69.6 cm³/mol. The topological polar surface area (TPSA) is 23.5 Å². The lowest BCUT2D eigenvalue weighted by molar-refractivity contribution is -0.0377. The van der Waals surface area contributed by atoms with Crippen molar-refractivity contribution in [3.05, 3.63) is 0 Å². The fourth-order valence-corrected chi connectivity index (χ4v) is 2.92. The summed E-state index contributed by atoms with van der Waals surface area (Å²) in [6.07, 6.45) is 8.57. The van der Waals surface area contributed by atoms with Gasteiger partial charge < -0.3 is 10.0 Å². The molecule has 2 unspecified atom stereocenters. The van der Waals surface area contributed by atoms with Crippen molar-refractivity contribution < 1.29 is 5.11 Å². The van der Waals surface area contributed by atoms with Crippen molar-refractivity contribution in [2.45, 2.75) is 70.4 Å². The normalized spacial score (nSPS) is 25.1. The summed E-state index contributed by atoms with van der Waals surface area (Å²) < 4.78 is 0. The number of aliphatic hydroxyl groups is 1. The van der Waals surface area contributed by atoms with Crippen molar-refractivity contribution in [3.8, 4) is 0 Å². The lowest BCUT2D eigenvalue weighted by atomic mass is 9.79. The quantitative estimate of drug-likeness (QED) is 0.746. The molecule has 0 bridgehead atoms. The molecule has 1 rings (SSSR count). The van der Waals surface area contributed by atoms with E-state index >= 15 is 0 Å². The van der Waals surface area contributed by atoms with Crippen molar-refractivity contribution in [2.24, 2.45) is 5.92 Å². The summed E-state index contributed by atoms with van der Waals surface area (Å²) in [5.74, 6) is 0.509. The molecule has 1 N–H and O–H groups in total. The van der Waals surface area contributed by atoms with Crippen molar-refractivity contribution in [3.63, 3.8) is 0 Å². The minimum atomic E-state index is -0.175. The first-order chi connectivity index (χ1) is 7.52. The molecule has 0 saturated heterocycles. The van der Waals surface area contributed by atoms with Crippen molar-refractivity contribution in [1.29, 1.82) is 0 Å². The molecular weight excluding hydrogens is 198 g/mol. The van der Waals surface area contributed by atoms with Gasteiger partial charge in [-0.3, -0.25) is 0 Å². The molecule has 0 amide bonds. The van der Waals surface area contributed by atoms with E-state index in [2.05, 4.69) is 32.8 Å². The van der Waals surface area contributed by atoms with E-state index in [4.69, 9.17) is 0 Å². The zero-order chi connectivity index (χ0) is 12.2. The largest absolute Gasteiger partial charge is 0.391 e. The Morgan fingerprint density at radius 2 is 1.69 bits per heavy atom. The first kappa shape index (κ1) is 14.0. The third kappa shape index (κ3) is 2.98. The lowest BCUT2D eigenvalue weighted by Gasteiger charge is -2.43. The zero-order valence-corrected chi connectivity index (χ0v) is 11.5. The van der Waals surface area contributed by atoms with E-state index in [0.29, 0.717) is 5.92 Å². The average Bonchev–Trinajstić information content (AvgIpc) is 2.55. The number of hydrogen-bond donors (Lipinski definition) is 1. The van der Waals surface area contributed by atoms with Gasteiger partial charge in [0.2, 0.25) is 0 Å². The summed E-state index contributed by atoms with van der Waals surface area (Å²) in [5, 5.41) is 10.6. The van der Waals surface area contributed by atoms with Gasteiger partial charge in [0, 0.05) is 5.54 Å². The fraction of sp³-hybridized carbons (Fsp3) is 1.00. The summed E-state index contributed by atoms with van der Waals surface area (Å²) in [4.78, 5) is 2.20. The molecule has 96 valence electrons. The maximum Gasteiger partial charge on any atom is 0.0748 e. The number of rotatable bonds is 4. The highest BCUT2D eigenvalue weighted by molar-refractivity contribution is 4.93. The highest BCUT2D eigenvalue weighted by Crippen LogP contribution is 2.33. The highest BCUT2D eigenvalue weighted by atomic mass is 16.3. The van der Waals surface area contributed by atoms with Crippen LogP contribution in [0.4, 0.5) is 0 Å². The van der Waals surface area contributed by atoms with Gasteiger partial charge in [-0.1, -0.05) is 32.6 Å². The van der Waals surface area contributed by atoms with E-state index in [-0.39, 0.29) is 11.6 Å². The molecule has 0 aliphatic heterocycles. The van der Waals surface area contributed by atoms with E-state index in [9.17, 15) is 5.11 Å². The minimum absolute atomic E-state index is 0.0605. The van der Waals surface area contributed by atoms with Crippen LogP contribution < -0.4 is 0 Å². The molecule has 0 heterocycles. The Morgan fingerprint density at radius 1 is 1.19 bits per heavy atom. The highest BCUT2D eigenvalue weighted by Gasteiger charge is 2.38. The van der Waals surface area contributed by atoms with Crippen LogP contribution in [0.25, 0.3) is 0 Å². The molecule has 0 spiro atoms. The first-order valence-electron chi connectivity index (χ1n) is 6.88. The summed E-state index contributed by atoms with van der Waals surface area (Å²) in [7, 11) is 4.17. The molecule has 2 atom stereocenters. The molecule has 2 nitrogen and oxygen atoms in total. The molecule has 2 heteroatoms. The molecule has 16 heavy (non-hydrogen) atoms. The van der Waals surface area contributed by atoms with Gasteiger partial charge >= 0.3 is 0 Å². The third-order valence-electron chi connectivity index (χ3n) is 4.72. The minimum Gasteiger partial charge on any atom is -0.391 e. The number of hydrogen-bond acceptors (Lipinski definition) is 2. The Morgan fingerprint density at radius 3 is 2.06 bits per heavy atom.